The predicted molar refractivity (Wildman–Crippen MR) is 96.6 cm³/mol. The van der Waals surface area contributed by atoms with E-state index >= 15 is 0 Å². The van der Waals surface area contributed by atoms with Crippen molar-refractivity contribution in [3.8, 4) is 11.5 Å². The van der Waals surface area contributed by atoms with E-state index < -0.39 is 5.54 Å². The Balaban J connectivity index is 1.77. The zero-order valence-electron chi connectivity index (χ0n) is 14.5. The third-order valence-electron chi connectivity index (χ3n) is 4.09. The first-order valence-corrected chi connectivity index (χ1v) is 8.27. The molecule has 0 bridgehead atoms. The maximum Gasteiger partial charge on any atom is 0.119 e. The number of benzene rings is 2. The predicted octanol–water partition coefficient (Wildman–Crippen LogP) is 2.96. The van der Waals surface area contributed by atoms with Crippen molar-refractivity contribution in [1.29, 1.82) is 0 Å². The Morgan fingerprint density at radius 2 is 1.46 bits per heavy atom. The lowest BCUT2D eigenvalue weighted by molar-refractivity contribution is 0.200. The van der Waals surface area contributed by atoms with Crippen molar-refractivity contribution in [1.82, 2.24) is 0 Å². The van der Waals surface area contributed by atoms with Gasteiger partial charge in [0.2, 0.25) is 0 Å². The molecule has 0 aromatic heterocycles. The Morgan fingerprint density at radius 3 is 2.00 bits per heavy atom. The summed E-state index contributed by atoms with van der Waals surface area (Å²) in [5.74, 6) is 1.73. The van der Waals surface area contributed by atoms with Gasteiger partial charge in [0.15, 0.2) is 0 Å². The third-order valence-corrected chi connectivity index (χ3v) is 4.09. The van der Waals surface area contributed by atoms with E-state index in [-0.39, 0.29) is 6.61 Å². The van der Waals surface area contributed by atoms with Gasteiger partial charge in [-0.05, 0) is 55.2 Å². The van der Waals surface area contributed by atoms with Crippen molar-refractivity contribution in [3.05, 3.63) is 59.7 Å². The molecule has 2 aromatic rings. The number of nitrogens with two attached hydrogens (primary N) is 1. The fraction of sp³-hybridized carbons (Fsp3) is 0.400. The van der Waals surface area contributed by atoms with E-state index in [9.17, 15) is 5.11 Å². The number of aliphatic hydroxyl groups excluding tert-OH is 1. The third kappa shape index (κ3) is 5.87. The number of aliphatic hydroxyl groups is 1. The van der Waals surface area contributed by atoms with Crippen LogP contribution in [0, 0.1) is 0 Å². The van der Waals surface area contributed by atoms with Crippen molar-refractivity contribution >= 4 is 0 Å². The van der Waals surface area contributed by atoms with E-state index in [0.717, 1.165) is 30.8 Å². The molecule has 2 aromatic carbocycles. The minimum absolute atomic E-state index is 0.000441. The molecular weight excluding hydrogens is 302 g/mol. The lowest BCUT2D eigenvalue weighted by Crippen LogP contribution is -2.40. The van der Waals surface area contributed by atoms with Crippen molar-refractivity contribution in [2.24, 2.45) is 5.73 Å². The van der Waals surface area contributed by atoms with Crippen LogP contribution in [-0.4, -0.2) is 31.0 Å². The van der Waals surface area contributed by atoms with Crippen LogP contribution in [0.5, 0.6) is 11.5 Å². The molecule has 0 aliphatic carbocycles. The summed E-state index contributed by atoms with van der Waals surface area (Å²) in [5.41, 5.74) is 7.85. The number of hydrogen-bond donors (Lipinski definition) is 2. The molecule has 1 atom stereocenters. The molecule has 3 N–H and O–H groups in total. The number of hydrogen-bond acceptors (Lipinski definition) is 4. The maximum absolute atomic E-state index is 9.18. The molecule has 130 valence electrons. The van der Waals surface area contributed by atoms with Crippen LogP contribution in [0.25, 0.3) is 0 Å². The molecule has 2 rings (SSSR count). The number of rotatable bonds is 9. The second kappa shape index (κ2) is 8.71. The van der Waals surface area contributed by atoms with E-state index in [2.05, 4.69) is 24.3 Å². The van der Waals surface area contributed by atoms with Gasteiger partial charge in [-0.25, -0.2) is 0 Å². The minimum Gasteiger partial charge on any atom is -0.497 e. The van der Waals surface area contributed by atoms with E-state index in [0.29, 0.717) is 6.61 Å². The number of ether oxygens (including phenoxy) is 2. The molecule has 24 heavy (non-hydrogen) atoms. The Kier molecular flexibility index (Phi) is 6.64. The fourth-order valence-electron chi connectivity index (χ4n) is 2.34. The van der Waals surface area contributed by atoms with Crippen LogP contribution in [0.3, 0.4) is 0 Å². The second-order valence-corrected chi connectivity index (χ2v) is 6.40. The van der Waals surface area contributed by atoms with E-state index in [1.54, 1.807) is 7.11 Å². The number of aryl methyl sites for hydroxylation is 1. The Morgan fingerprint density at radius 1 is 0.917 bits per heavy atom. The molecule has 0 amide bonds. The molecule has 0 saturated carbocycles. The fourth-order valence-corrected chi connectivity index (χ4v) is 2.34. The summed E-state index contributed by atoms with van der Waals surface area (Å²) >= 11 is 0. The molecule has 0 aliphatic heterocycles. The van der Waals surface area contributed by atoms with E-state index in [4.69, 9.17) is 15.2 Å². The van der Waals surface area contributed by atoms with Gasteiger partial charge in [0, 0.05) is 12.0 Å². The standard InChI is InChI=1S/C20H27NO3/c1-20(21,15-22)13-11-16-5-9-19(10-6-16)24-14-12-17-3-7-18(23-2)8-4-17/h3-10,22H,11-15,21H2,1-2H3/t20-/m1/s1. The Labute approximate surface area is 144 Å². The monoisotopic (exact) mass is 329 g/mol. The molecule has 0 radical (unpaired) electrons. The molecule has 0 fully saturated rings. The normalized spacial score (nSPS) is 13.3. The van der Waals surface area contributed by atoms with E-state index in [1.807, 2.05) is 31.2 Å². The quantitative estimate of drug-likeness (QED) is 0.742. The molecule has 4 nitrogen and oxygen atoms in total. The highest BCUT2D eigenvalue weighted by Crippen LogP contribution is 2.17. The van der Waals surface area contributed by atoms with Crippen LogP contribution < -0.4 is 15.2 Å². The number of methoxy groups -OCH3 is 1. The van der Waals surface area contributed by atoms with Crippen LogP contribution in [0.2, 0.25) is 0 Å². The summed E-state index contributed by atoms with van der Waals surface area (Å²) < 4.78 is 10.9. The first-order chi connectivity index (χ1) is 11.5. The largest absolute Gasteiger partial charge is 0.497 e. The Hall–Kier alpha value is -2.04. The van der Waals surface area contributed by atoms with Crippen LogP contribution in [0.4, 0.5) is 0 Å². The van der Waals surface area contributed by atoms with Crippen LogP contribution >= 0.6 is 0 Å². The first-order valence-electron chi connectivity index (χ1n) is 8.27. The van der Waals surface area contributed by atoms with Crippen molar-refractivity contribution in [2.45, 2.75) is 31.7 Å². The highest BCUT2D eigenvalue weighted by Gasteiger charge is 2.16. The molecule has 0 aliphatic rings. The summed E-state index contributed by atoms with van der Waals surface area (Å²) in [5, 5.41) is 9.18. The van der Waals surface area contributed by atoms with Gasteiger partial charge in [0.1, 0.15) is 11.5 Å². The van der Waals surface area contributed by atoms with Crippen molar-refractivity contribution in [2.75, 3.05) is 20.3 Å². The highest BCUT2D eigenvalue weighted by molar-refractivity contribution is 5.29. The van der Waals surface area contributed by atoms with Gasteiger partial charge in [0.05, 0.1) is 20.3 Å². The molecule has 0 spiro atoms. The second-order valence-electron chi connectivity index (χ2n) is 6.40. The van der Waals surface area contributed by atoms with Crippen LogP contribution in [0.1, 0.15) is 24.5 Å². The maximum atomic E-state index is 9.18. The van der Waals surface area contributed by atoms with E-state index in [1.165, 1.54) is 11.1 Å². The topological polar surface area (TPSA) is 64.7 Å². The van der Waals surface area contributed by atoms with Gasteiger partial charge in [0.25, 0.3) is 0 Å². The molecular formula is C20H27NO3. The summed E-state index contributed by atoms with van der Waals surface area (Å²) in [4.78, 5) is 0. The average Bonchev–Trinajstić information content (AvgIpc) is 2.62. The van der Waals surface area contributed by atoms with Gasteiger partial charge >= 0.3 is 0 Å². The summed E-state index contributed by atoms with van der Waals surface area (Å²) in [6.45, 7) is 2.50. The summed E-state index contributed by atoms with van der Waals surface area (Å²) in [6, 6.07) is 16.1. The molecule has 0 saturated heterocycles. The summed E-state index contributed by atoms with van der Waals surface area (Å²) in [6.07, 6.45) is 2.45. The molecule has 4 heteroatoms. The smallest absolute Gasteiger partial charge is 0.119 e. The van der Waals surface area contributed by atoms with Gasteiger partial charge in [-0.2, -0.15) is 0 Å². The molecule has 0 heterocycles. The van der Waals surface area contributed by atoms with Crippen molar-refractivity contribution in [3.63, 3.8) is 0 Å². The summed E-state index contributed by atoms with van der Waals surface area (Å²) in [7, 11) is 1.67. The Bertz CT molecular complexity index is 606. The lowest BCUT2D eigenvalue weighted by Gasteiger charge is -2.21. The molecule has 0 unspecified atom stereocenters. The average molecular weight is 329 g/mol. The van der Waals surface area contributed by atoms with Crippen molar-refractivity contribution < 1.29 is 14.6 Å². The van der Waals surface area contributed by atoms with Gasteiger partial charge in [-0.1, -0.05) is 24.3 Å². The van der Waals surface area contributed by atoms with Crippen LogP contribution in [0.15, 0.2) is 48.5 Å². The highest BCUT2D eigenvalue weighted by atomic mass is 16.5. The zero-order chi connectivity index (χ0) is 17.4. The zero-order valence-corrected chi connectivity index (χ0v) is 14.5. The minimum atomic E-state index is -0.520. The lowest BCUT2D eigenvalue weighted by atomic mass is 9.95. The first kappa shape index (κ1) is 18.3. The van der Waals surface area contributed by atoms with Crippen LogP contribution in [-0.2, 0) is 12.8 Å². The van der Waals surface area contributed by atoms with Gasteiger partial charge < -0.3 is 20.3 Å². The SMILES string of the molecule is COc1ccc(CCOc2ccc(CC[C@@](C)(N)CO)cc2)cc1. The van der Waals surface area contributed by atoms with Gasteiger partial charge in [-0.3, -0.25) is 0 Å². The van der Waals surface area contributed by atoms with Gasteiger partial charge in [-0.15, -0.1) is 0 Å².